The number of benzene rings is 2. The van der Waals surface area contributed by atoms with E-state index in [2.05, 4.69) is 5.32 Å². The van der Waals surface area contributed by atoms with Crippen molar-refractivity contribution in [1.82, 2.24) is 0 Å². The van der Waals surface area contributed by atoms with Gasteiger partial charge in [-0.2, -0.15) is 0 Å². The van der Waals surface area contributed by atoms with Crippen molar-refractivity contribution in [2.45, 2.75) is 19.8 Å². The highest BCUT2D eigenvalue weighted by atomic mass is 16.6. The van der Waals surface area contributed by atoms with Crippen molar-refractivity contribution in [3.63, 3.8) is 0 Å². The maximum absolute atomic E-state index is 9.34. The number of hydrogen-bond acceptors (Lipinski definition) is 6. The minimum absolute atomic E-state index is 0.509. The number of nitrogen functional groups attached to an aromatic ring is 3. The van der Waals surface area contributed by atoms with Gasteiger partial charge in [0.1, 0.15) is 5.75 Å². The summed E-state index contributed by atoms with van der Waals surface area (Å²) in [7, 11) is 0. The van der Waals surface area contributed by atoms with Crippen LogP contribution in [0.1, 0.15) is 12.5 Å². The Morgan fingerprint density at radius 2 is 1.71 bits per heavy atom. The van der Waals surface area contributed by atoms with E-state index < -0.39 is 6.29 Å². The topological polar surface area (TPSA) is 120 Å². The molecule has 8 N–H and O–H groups in total. The monoisotopic (exact) mass is 288 g/mol. The van der Waals surface area contributed by atoms with Gasteiger partial charge in [-0.1, -0.05) is 0 Å². The van der Waals surface area contributed by atoms with Gasteiger partial charge in [0.25, 0.3) is 0 Å². The molecule has 0 saturated heterocycles. The Balaban J connectivity index is 2.16. The first kappa shape index (κ1) is 14.8. The van der Waals surface area contributed by atoms with E-state index in [4.69, 9.17) is 21.9 Å². The Hall–Kier alpha value is -2.60. The Morgan fingerprint density at radius 1 is 1.05 bits per heavy atom. The van der Waals surface area contributed by atoms with Crippen molar-refractivity contribution in [3.05, 3.63) is 42.0 Å². The molecule has 6 heteroatoms. The molecule has 2 rings (SSSR count). The van der Waals surface area contributed by atoms with Crippen molar-refractivity contribution in [2.75, 3.05) is 22.5 Å². The predicted octanol–water partition coefficient (Wildman–Crippen LogP) is 1.76. The molecule has 0 aliphatic carbocycles. The number of anilines is 4. The van der Waals surface area contributed by atoms with Crippen molar-refractivity contribution < 1.29 is 9.84 Å². The lowest BCUT2D eigenvalue weighted by molar-refractivity contribution is 0.000230. The molecule has 21 heavy (non-hydrogen) atoms. The minimum Gasteiger partial charge on any atom is -0.463 e. The van der Waals surface area contributed by atoms with Crippen LogP contribution in [0.4, 0.5) is 22.7 Å². The fourth-order valence-electron chi connectivity index (χ4n) is 2.02. The first-order valence-corrected chi connectivity index (χ1v) is 6.57. The Kier molecular flexibility index (Phi) is 4.39. The van der Waals surface area contributed by atoms with E-state index in [0.29, 0.717) is 35.0 Å². The normalized spacial score (nSPS) is 11.9. The van der Waals surface area contributed by atoms with Crippen LogP contribution in [-0.2, 0) is 6.54 Å². The molecule has 0 aromatic heterocycles. The second kappa shape index (κ2) is 6.23. The van der Waals surface area contributed by atoms with Gasteiger partial charge in [0.05, 0.1) is 5.69 Å². The molecular weight excluding hydrogens is 268 g/mol. The summed E-state index contributed by atoms with van der Waals surface area (Å²) in [6.45, 7) is 2.05. The zero-order valence-corrected chi connectivity index (χ0v) is 11.8. The van der Waals surface area contributed by atoms with Crippen LogP contribution in [0.25, 0.3) is 0 Å². The lowest BCUT2D eigenvalue weighted by Crippen LogP contribution is -2.12. The number of nitrogens with one attached hydrogen (secondary N) is 1. The summed E-state index contributed by atoms with van der Waals surface area (Å²) in [5.41, 5.74) is 20.8. The van der Waals surface area contributed by atoms with Crippen LogP contribution < -0.4 is 27.3 Å². The third kappa shape index (κ3) is 4.19. The molecule has 0 spiro atoms. The molecule has 0 amide bonds. The molecule has 0 heterocycles. The van der Waals surface area contributed by atoms with Gasteiger partial charge in [-0.15, -0.1) is 0 Å². The molecular formula is C15H20N4O2. The van der Waals surface area contributed by atoms with Gasteiger partial charge in [0.15, 0.2) is 6.29 Å². The smallest absolute Gasteiger partial charge is 0.194 e. The van der Waals surface area contributed by atoms with Crippen molar-refractivity contribution in [2.24, 2.45) is 0 Å². The van der Waals surface area contributed by atoms with Crippen molar-refractivity contribution >= 4 is 22.7 Å². The number of nitrogens with two attached hydrogens (primary N) is 3. The number of rotatable bonds is 5. The fourth-order valence-corrected chi connectivity index (χ4v) is 2.02. The molecule has 0 fully saturated rings. The van der Waals surface area contributed by atoms with Gasteiger partial charge in [0, 0.05) is 23.6 Å². The molecule has 0 saturated carbocycles. The summed E-state index contributed by atoms with van der Waals surface area (Å²) >= 11 is 0. The molecule has 2 aromatic carbocycles. The van der Waals surface area contributed by atoms with Gasteiger partial charge < -0.3 is 32.4 Å². The van der Waals surface area contributed by atoms with E-state index in [9.17, 15) is 5.11 Å². The number of hydrogen-bond donors (Lipinski definition) is 5. The van der Waals surface area contributed by atoms with E-state index in [1.807, 2.05) is 12.1 Å². The highest BCUT2D eigenvalue weighted by Crippen LogP contribution is 2.28. The van der Waals surface area contributed by atoms with Gasteiger partial charge in [-0.05, 0) is 48.9 Å². The summed E-state index contributed by atoms with van der Waals surface area (Å²) in [6, 6.07) is 10.5. The highest BCUT2D eigenvalue weighted by Gasteiger charge is 2.07. The van der Waals surface area contributed by atoms with Gasteiger partial charge in [-0.25, -0.2) is 0 Å². The average Bonchev–Trinajstić information content (AvgIpc) is 2.37. The largest absolute Gasteiger partial charge is 0.463 e. The molecule has 112 valence electrons. The molecule has 1 atom stereocenters. The van der Waals surface area contributed by atoms with Gasteiger partial charge >= 0.3 is 0 Å². The molecule has 6 nitrogen and oxygen atoms in total. The van der Waals surface area contributed by atoms with Crippen LogP contribution in [-0.4, -0.2) is 11.4 Å². The average molecular weight is 288 g/mol. The number of ether oxygens (including phenoxy) is 1. The van der Waals surface area contributed by atoms with E-state index in [1.54, 1.807) is 31.2 Å². The first-order valence-electron chi connectivity index (χ1n) is 6.57. The minimum atomic E-state index is -0.905. The summed E-state index contributed by atoms with van der Waals surface area (Å²) in [5.74, 6) is 0.524. The van der Waals surface area contributed by atoms with Crippen LogP contribution in [0, 0.1) is 0 Å². The quantitative estimate of drug-likeness (QED) is 0.422. The first-order chi connectivity index (χ1) is 9.94. The maximum Gasteiger partial charge on any atom is 0.194 e. The summed E-state index contributed by atoms with van der Waals surface area (Å²) in [6.07, 6.45) is -0.905. The van der Waals surface area contributed by atoms with Crippen LogP contribution in [0.5, 0.6) is 5.75 Å². The Bertz CT molecular complexity index is 609. The van der Waals surface area contributed by atoms with Crippen LogP contribution in [0.2, 0.25) is 0 Å². The van der Waals surface area contributed by atoms with E-state index in [1.165, 1.54) is 0 Å². The van der Waals surface area contributed by atoms with Crippen LogP contribution in [0.15, 0.2) is 36.4 Å². The summed E-state index contributed by atoms with van der Waals surface area (Å²) in [4.78, 5) is 0. The van der Waals surface area contributed by atoms with E-state index in [0.717, 1.165) is 5.56 Å². The van der Waals surface area contributed by atoms with Gasteiger partial charge in [-0.3, -0.25) is 0 Å². The number of aliphatic hydroxyl groups is 1. The zero-order chi connectivity index (χ0) is 15.4. The van der Waals surface area contributed by atoms with Crippen molar-refractivity contribution in [1.29, 1.82) is 0 Å². The summed E-state index contributed by atoms with van der Waals surface area (Å²) in [5, 5.41) is 12.5. The summed E-state index contributed by atoms with van der Waals surface area (Å²) < 4.78 is 5.32. The number of aliphatic hydroxyl groups excluding tert-OH is 1. The van der Waals surface area contributed by atoms with E-state index in [-0.39, 0.29) is 0 Å². The SMILES string of the molecule is CC(O)Oc1ccc(N)cc1NCc1cc(N)cc(N)c1. The molecule has 2 aromatic rings. The standard InChI is InChI=1S/C15H20N4O2/c1-9(20)21-15-3-2-11(16)7-14(15)19-8-10-4-12(17)6-13(18)5-10/h2-7,9,19-20H,8,16-18H2,1H3. The molecule has 0 radical (unpaired) electrons. The van der Waals surface area contributed by atoms with Crippen LogP contribution >= 0.6 is 0 Å². The Morgan fingerprint density at radius 3 is 2.33 bits per heavy atom. The zero-order valence-electron chi connectivity index (χ0n) is 11.8. The van der Waals surface area contributed by atoms with Crippen LogP contribution in [0.3, 0.4) is 0 Å². The molecule has 0 aliphatic rings. The second-order valence-corrected chi connectivity index (χ2v) is 4.83. The van der Waals surface area contributed by atoms with E-state index >= 15 is 0 Å². The third-order valence-electron chi connectivity index (χ3n) is 2.82. The highest BCUT2D eigenvalue weighted by molar-refractivity contribution is 5.64. The molecule has 1 unspecified atom stereocenters. The lowest BCUT2D eigenvalue weighted by Gasteiger charge is -2.16. The molecule has 0 bridgehead atoms. The second-order valence-electron chi connectivity index (χ2n) is 4.83. The third-order valence-corrected chi connectivity index (χ3v) is 2.82. The Labute approximate surface area is 123 Å². The van der Waals surface area contributed by atoms with Crippen molar-refractivity contribution in [3.8, 4) is 5.75 Å². The molecule has 0 aliphatic heterocycles. The fraction of sp³-hybridized carbons (Fsp3) is 0.200. The maximum atomic E-state index is 9.34. The lowest BCUT2D eigenvalue weighted by atomic mass is 10.1. The van der Waals surface area contributed by atoms with Gasteiger partial charge in [0.2, 0.25) is 0 Å². The predicted molar refractivity (Wildman–Crippen MR) is 85.8 cm³/mol.